The van der Waals surface area contributed by atoms with Crippen molar-refractivity contribution in [3.8, 4) is 17.2 Å². The highest BCUT2D eigenvalue weighted by Gasteiger charge is 2.05. The molecule has 0 unspecified atom stereocenters. The van der Waals surface area contributed by atoms with Crippen molar-refractivity contribution < 1.29 is 0 Å². The fourth-order valence-electron chi connectivity index (χ4n) is 2.13. The SMILES string of the molecule is CC[CH]CNCc1ccc(-c2ccccc2)c(C#N)c1. The van der Waals surface area contributed by atoms with E-state index in [1.807, 2.05) is 42.5 Å². The maximum absolute atomic E-state index is 9.34. The number of unbranched alkanes of at least 4 members (excludes halogenated alkanes) is 1. The molecule has 2 rings (SSSR count). The molecule has 0 spiro atoms. The van der Waals surface area contributed by atoms with E-state index in [1.165, 1.54) is 0 Å². The fraction of sp³-hybridized carbons (Fsp3) is 0.222. The molecule has 0 amide bonds. The molecule has 0 aromatic heterocycles. The van der Waals surface area contributed by atoms with Crippen molar-refractivity contribution in [1.29, 1.82) is 5.26 Å². The fourth-order valence-corrected chi connectivity index (χ4v) is 2.13. The van der Waals surface area contributed by atoms with Gasteiger partial charge in [0.05, 0.1) is 11.6 Å². The first-order valence-electron chi connectivity index (χ1n) is 6.96. The number of rotatable bonds is 6. The molecular formula is C18H19N2. The van der Waals surface area contributed by atoms with Crippen molar-refractivity contribution in [2.45, 2.75) is 19.9 Å². The van der Waals surface area contributed by atoms with Crippen LogP contribution in [0.5, 0.6) is 0 Å². The second kappa shape index (κ2) is 7.47. The molecule has 20 heavy (non-hydrogen) atoms. The number of nitrogens with one attached hydrogen (secondary N) is 1. The van der Waals surface area contributed by atoms with Gasteiger partial charge in [0.1, 0.15) is 0 Å². The Morgan fingerprint density at radius 1 is 1.15 bits per heavy atom. The van der Waals surface area contributed by atoms with Gasteiger partial charge < -0.3 is 5.32 Å². The topological polar surface area (TPSA) is 35.8 Å². The Balaban J connectivity index is 2.15. The van der Waals surface area contributed by atoms with E-state index in [0.29, 0.717) is 0 Å². The molecular weight excluding hydrogens is 244 g/mol. The van der Waals surface area contributed by atoms with Crippen molar-refractivity contribution >= 4 is 0 Å². The van der Waals surface area contributed by atoms with E-state index in [2.05, 4.69) is 30.8 Å². The van der Waals surface area contributed by atoms with E-state index < -0.39 is 0 Å². The van der Waals surface area contributed by atoms with Crippen molar-refractivity contribution in [2.75, 3.05) is 6.54 Å². The van der Waals surface area contributed by atoms with E-state index >= 15 is 0 Å². The summed E-state index contributed by atoms with van der Waals surface area (Å²) in [5.74, 6) is 0. The van der Waals surface area contributed by atoms with Gasteiger partial charge in [-0.05, 0) is 35.7 Å². The average molecular weight is 263 g/mol. The second-order valence-electron chi connectivity index (χ2n) is 4.69. The van der Waals surface area contributed by atoms with Crippen LogP contribution in [0.4, 0.5) is 0 Å². The van der Waals surface area contributed by atoms with Crippen molar-refractivity contribution in [2.24, 2.45) is 0 Å². The molecule has 0 aliphatic heterocycles. The minimum Gasteiger partial charge on any atom is -0.312 e. The number of hydrogen-bond donors (Lipinski definition) is 1. The first-order valence-corrected chi connectivity index (χ1v) is 6.96. The van der Waals surface area contributed by atoms with Crippen LogP contribution in [-0.4, -0.2) is 6.54 Å². The Hall–Kier alpha value is -2.11. The third kappa shape index (κ3) is 3.69. The van der Waals surface area contributed by atoms with Crippen LogP contribution in [0.2, 0.25) is 0 Å². The third-order valence-corrected chi connectivity index (χ3v) is 3.20. The lowest BCUT2D eigenvalue weighted by molar-refractivity contribution is 0.721. The van der Waals surface area contributed by atoms with E-state index in [9.17, 15) is 5.26 Å². The zero-order valence-corrected chi connectivity index (χ0v) is 11.8. The van der Waals surface area contributed by atoms with Crippen molar-refractivity contribution in [3.63, 3.8) is 0 Å². The molecule has 0 aliphatic rings. The summed E-state index contributed by atoms with van der Waals surface area (Å²) in [6.07, 6.45) is 3.27. The molecule has 0 fully saturated rings. The van der Waals surface area contributed by atoms with E-state index in [4.69, 9.17) is 0 Å². The lowest BCUT2D eigenvalue weighted by Gasteiger charge is -2.08. The maximum Gasteiger partial charge on any atom is 0.0998 e. The standard InChI is InChI=1S/C18H19N2/c1-2-3-11-20-14-15-9-10-18(17(12-15)13-19)16-7-5-4-6-8-16/h3-10,12,20H,2,11,14H2,1H3. The monoisotopic (exact) mass is 263 g/mol. The van der Waals surface area contributed by atoms with Gasteiger partial charge in [-0.1, -0.05) is 55.8 Å². The summed E-state index contributed by atoms with van der Waals surface area (Å²) in [7, 11) is 0. The summed E-state index contributed by atoms with van der Waals surface area (Å²) in [5, 5.41) is 12.7. The normalized spacial score (nSPS) is 10.2. The van der Waals surface area contributed by atoms with Gasteiger partial charge in [-0.25, -0.2) is 0 Å². The molecule has 2 aromatic rings. The highest BCUT2D eigenvalue weighted by atomic mass is 14.8. The lowest BCUT2D eigenvalue weighted by Crippen LogP contribution is -2.14. The molecule has 0 atom stereocenters. The molecule has 2 heteroatoms. The number of nitrogens with zero attached hydrogens (tertiary/aromatic N) is 1. The molecule has 0 heterocycles. The zero-order valence-electron chi connectivity index (χ0n) is 11.8. The molecule has 101 valence electrons. The van der Waals surface area contributed by atoms with Crippen LogP contribution >= 0.6 is 0 Å². The zero-order chi connectivity index (χ0) is 14.2. The summed E-state index contributed by atoms with van der Waals surface area (Å²) >= 11 is 0. The highest BCUT2D eigenvalue weighted by molar-refractivity contribution is 5.70. The minimum atomic E-state index is 0.731. The number of nitriles is 1. The Kier molecular flexibility index (Phi) is 5.34. The molecule has 1 N–H and O–H groups in total. The largest absolute Gasteiger partial charge is 0.312 e. The van der Waals surface area contributed by atoms with Crippen molar-refractivity contribution in [1.82, 2.24) is 5.32 Å². The smallest absolute Gasteiger partial charge is 0.0998 e. The van der Waals surface area contributed by atoms with Crippen LogP contribution in [0, 0.1) is 17.8 Å². The van der Waals surface area contributed by atoms with E-state index in [-0.39, 0.29) is 0 Å². The van der Waals surface area contributed by atoms with Gasteiger partial charge in [0.2, 0.25) is 0 Å². The predicted molar refractivity (Wildman–Crippen MR) is 82.9 cm³/mol. The molecule has 0 bridgehead atoms. The number of hydrogen-bond acceptors (Lipinski definition) is 2. The van der Waals surface area contributed by atoms with Crippen LogP contribution in [0.15, 0.2) is 48.5 Å². The molecule has 1 radical (unpaired) electrons. The first kappa shape index (κ1) is 14.3. The van der Waals surface area contributed by atoms with Gasteiger partial charge in [0, 0.05) is 6.54 Å². The van der Waals surface area contributed by atoms with Crippen LogP contribution in [0.3, 0.4) is 0 Å². The first-order chi connectivity index (χ1) is 9.85. The predicted octanol–water partition coefficient (Wildman–Crippen LogP) is 3.93. The summed E-state index contributed by atoms with van der Waals surface area (Å²) in [6.45, 7) is 3.82. The Labute approximate surface area is 121 Å². The highest BCUT2D eigenvalue weighted by Crippen LogP contribution is 2.24. The Morgan fingerprint density at radius 2 is 1.95 bits per heavy atom. The summed E-state index contributed by atoms with van der Waals surface area (Å²) < 4.78 is 0. The van der Waals surface area contributed by atoms with Gasteiger partial charge in [0.25, 0.3) is 0 Å². The van der Waals surface area contributed by atoms with E-state index in [1.54, 1.807) is 0 Å². The molecule has 0 saturated heterocycles. The van der Waals surface area contributed by atoms with Gasteiger partial charge >= 0.3 is 0 Å². The van der Waals surface area contributed by atoms with Crippen LogP contribution in [0.1, 0.15) is 24.5 Å². The minimum absolute atomic E-state index is 0.731. The summed E-state index contributed by atoms with van der Waals surface area (Å²) in [6, 6.07) is 18.4. The lowest BCUT2D eigenvalue weighted by atomic mass is 9.98. The summed E-state index contributed by atoms with van der Waals surface area (Å²) in [5.41, 5.74) is 3.96. The molecule has 2 nitrogen and oxygen atoms in total. The van der Waals surface area contributed by atoms with Crippen LogP contribution in [0.25, 0.3) is 11.1 Å². The Bertz CT molecular complexity index is 582. The van der Waals surface area contributed by atoms with Gasteiger partial charge in [-0.15, -0.1) is 0 Å². The van der Waals surface area contributed by atoms with Crippen molar-refractivity contribution in [3.05, 3.63) is 66.1 Å². The van der Waals surface area contributed by atoms with E-state index in [0.717, 1.165) is 41.8 Å². The van der Waals surface area contributed by atoms with Crippen LogP contribution < -0.4 is 5.32 Å². The summed E-state index contributed by atoms with van der Waals surface area (Å²) in [4.78, 5) is 0. The third-order valence-electron chi connectivity index (χ3n) is 3.20. The second-order valence-corrected chi connectivity index (χ2v) is 4.69. The molecule has 0 saturated carbocycles. The van der Waals surface area contributed by atoms with Gasteiger partial charge in [-0.3, -0.25) is 0 Å². The quantitative estimate of drug-likeness (QED) is 0.802. The Morgan fingerprint density at radius 3 is 2.65 bits per heavy atom. The van der Waals surface area contributed by atoms with Crippen LogP contribution in [-0.2, 0) is 6.54 Å². The molecule has 0 aliphatic carbocycles. The molecule has 2 aromatic carbocycles. The maximum atomic E-state index is 9.34. The van der Waals surface area contributed by atoms with Gasteiger partial charge in [0.15, 0.2) is 0 Å². The van der Waals surface area contributed by atoms with Gasteiger partial charge in [-0.2, -0.15) is 5.26 Å². The number of benzene rings is 2. The average Bonchev–Trinajstić information content (AvgIpc) is 2.52.